The van der Waals surface area contributed by atoms with Crippen molar-refractivity contribution in [3.05, 3.63) is 47.2 Å². The molecule has 146 valence electrons. The van der Waals surface area contributed by atoms with Crippen LogP contribution in [0.15, 0.2) is 41.7 Å². The first kappa shape index (κ1) is 19.4. The number of amides is 2. The lowest BCUT2D eigenvalue weighted by Crippen LogP contribution is -2.50. The molecule has 27 heavy (non-hydrogen) atoms. The van der Waals surface area contributed by atoms with Crippen LogP contribution in [0.1, 0.15) is 25.8 Å². The molecule has 0 aliphatic carbocycles. The fourth-order valence-electron chi connectivity index (χ4n) is 3.70. The quantitative estimate of drug-likeness (QED) is 0.747. The molecule has 2 N–H and O–H groups in total. The van der Waals surface area contributed by atoms with E-state index in [1.165, 1.54) is 5.56 Å². The van der Waals surface area contributed by atoms with Crippen LogP contribution in [0.3, 0.4) is 0 Å². The van der Waals surface area contributed by atoms with E-state index < -0.39 is 11.9 Å². The third-order valence-corrected chi connectivity index (χ3v) is 5.26. The molecule has 2 heterocycles. The minimum absolute atomic E-state index is 0.0709. The molecule has 0 spiro atoms. The van der Waals surface area contributed by atoms with Crippen molar-refractivity contribution in [3.8, 4) is 0 Å². The van der Waals surface area contributed by atoms with E-state index in [0.29, 0.717) is 25.4 Å². The Hall–Kier alpha value is -2.34. The van der Waals surface area contributed by atoms with Gasteiger partial charge in [0.05, 0.1) is 6.04 Å². The number of rotatable bonds is 6. The molecule has 0 bridgehead atoms. The standard InChI is InChI=1S/C21H29N3O3/c1-15(2)14-17-19(25)18(20(26)22-17)21(27)24-12-10-23(11-13-24)9-8-16-6-4-3-5-7-16/h3-7,15,17,25H,8-14H2,1-2H3,(H,22,26). The summed E-state index contributed by atoms with van der Waals surface area (Å²) >= 11 is 0. The highest BCUT2D eigenvalue weighted by atomic mass is 16.3. The Morgan fingerprint density at radius 3 is 2.48 bits per heavy atom. The van der Waals surface area contributed by atoms with Gasteiger partial charge in [0.1, 0.15) is 11.3 Å². The van der Waals surface area contributed by atoms with E-state index in [1.807, 2.05) is 32.0 Å². The van der Waals surface area contributed by atoms with E-state index in [-0.39, 0.29) is 17.2 Å². The number of nitrogens with zero attached hydrogens (tertiary/aromatic N) is 2. The topological polar surface area (TPSA) is 72.9 Å². The summed E-state index contributed by atoms with van der Waals surface area (Å²) in [6.45, 7) is 7.71. The van der Waals surface area contributed by atoms with Crippen LogP contribution >= 0.6 is 0 Å². The molecule has 2 aliphatic heterocycles. The maximum Gasteiger partial charge on any atom is 0.263 e. The van der Waals surface area contributed by atoms with E-state index in [0.717, 1.165) is 26.1 Å². The molecule has 0 radical (unpaired) electrons. The highest BCUT2D eigenvalue weighted by Crippen LogP contribution is 2.22. The molecule has 0 saturated carbocycles. The van der Waals surface area contributed by atoms with Gasteiger partial charge >= 0.3 is 0 Å². The SMILES string of the molecule is CC(C)CC1NC(=O)C(C(=O)N2CCN(CCc3ccccc3)CC2)=C1O. The second-order valence-corrected chi connectivity index (χ2v) is 7.79. The Bertz CT molecular complexity index is 707. The van der Waals surface area contributed by atoms with Crippen LogP contribution < -0.4 is 5.32 Å². The maximum absolute atomic E-state index is 12.8. The molecule has 1 saturated heterocycles. The monoisotopic (exact) mass is 371 g/mol. The summed E-state index contributed by atoms with van der Waals surface area (Å²) in [7, 11) is 0. The molecule has 3 rings (SSSR count). The van der Waals surface area contributed by atoms with Gasteiger partial charge in [-0.1, -0.05) is 44.2 Å². The van der Waals surface area contributed by atoms with E-state index in [1.54, 1.807) is 4.90 Å². The van der Waals surface area contributed by atoms with Crippen LogP contribution in [0, 0.1) is 5.92 Å². The number of aliphatic hydroxyl groups excluding tert-OH is 1. The van der Waals surface area contributed by atoms with Crippen LogP contribution in [0.5, 0.6) is 0 Å². The van der Waals surface area contributed by atoms with Gasteiger partial charge in [-0.3, -0.25) is 14.5 Å². The summed E-state index contributed by atoms with van der Waals surface area (Å²) in [5, 5.41) is 13.1. The average molecular weight is 371 g/mol. The van der Waals surface area contributed by atoms with E-state index in [4.69, 9.17) is 0 Å². The maximum atomic E-state index is 12.8. The number of carbonyl (C=O) groups excluding carboxylic acids is 2. The van der Waals surface area contributed by atoms with Crippen molar-refractivity contribution in [2.45, 2.75) is 32.7 Å². The second-order valence-electron chi connectivity index (χ2n) is 7.79. The third-order valence-electron chi connectivity index (χ3n) is 5.26. The molecule has 0 aromatic heterocycles. The normalized spacial score (nSPS) is 21.1. The Kier molecular flexibility index (Phi) is 6.16. The van der Waals surface area contributed by atoms with Gasteiger partial charge in [0.2, 0.25) is 0 Å². The minimum Gasteiger partial charge on any atom is -0.509 e. The number of aliphatic hydroxyl groups is 1. The van der Waals surface area contributed by atoms with Crippen LogP contribution in [0.4, 0.5) is 0 Å². The van der Waals surface area contributed by atoms with Gasteiger partial charge in [-0.05, 0) is 24.3 Å². The van der Waals surface area contributed by atoms with Gasteiger partial charge in [-0.15, -0.1) is 0 Å². The van der Waals surface area contributed by atoms with Crippen molar-refractivity contribution >= 4 is 11.8 Å². The Morgan fingerprint density at radius 2 is 1.85 bits per heavy atom. The van der Waals surface area contributed by atoms with Crippen LogP contribution in [-0.4, -0.2) is 65.5 Å². The van der Waals surface area contributed by atoms with Gasteiger partial charge < -0.3 is 15.3 Å². The molecule has 1 aromatic carbocycles. The zero-order chi connectivity index (χ0) is 19.4. The van der Waals surface area contributed by atoms with Gasteiger partial charge in [-0.2, -0.15) is 0 Å². The molecule has 1 unspecified atom stereocenters. The molecule has 1 fully saturated rings. The summed E-state index contributed by atoms with van der Waals surface area (Å²) in [4.78, 5) is 29.0. The Labute approximate surface area is 160 Å². The van der Waals surface area contributed by atoms with Crippen LogP contribution in [0.2, 0.25) is 0 Å². The summed E-state index contributed by atoms with van der Waals surface area (Å²) in [6.07, 6.45) is 1.61. The van der Waals surface area contributed by atoms with Gasteiger partial charge in [0.25, 0.3) is 11.8 Å². The minimum atomic E-state index is -0.449. The number of hydrogen-bond acceptors (Lipinski definition) is 4. The van der Waals surface area contributed by atoms with Crippen molar-refractivity contribution in [2.75, 3.05) is 32.7 Å². The molecule has 2 aliphatic rings. The van der Waals surface area contributed by atoms with Gasteiger partial charge in [-0.25, -0.2) is 0 Å². The summed E-state index contributed by atoms with van der Waals surface area (Å²) in [5.41, 5.74) is 1.24. The summed E-state index contributed by atoms with van der Waals surface area (Å²) in [5.74, 6) is -0.570. The average Bonchev–Trinajstić information content (AvgIpc) is 2.93. The number of carbonyl (C=O) groups is 2. The van der Waals surface area contributed by atoms with Gasteiger partial charge in [0, 0.05) is 32.7 Å². The first-order valence-electron chi connectivity index (χ1n) is 9.75. The molecule has 1 aromatic rings. The molecule has 1 atom stereocenters. The van der Waals surface area contributed by atoms with Crippen LogP contribution in [0.25, 0.3) is 0 Å². The lowest BCUT2D eigenvalue weighted by Gasteiger charge is -2.34. The fourth-order valence-corrected chi connectivity index (χ4v) is 3.70. The third kappa shape index (κ3) is 4.69. The van der Waals surface area contributed by atoms with Crippen molar-refractivity contribution < 1.29 is 14.7 Å². The lowest BCUT2D eigenvalue weighted by atomic mass is 10.0. The lowest BCUT2D eigenvalue weighted by molar-refractivity contribution is -0.131. The number of piperazine rings is 1. The fraction of sp³-hybridized carbons (Fsp3) is 0.524. The number of benzene rings is 1. The predicted octanol–water partition coefficient (Wildman–Crippen LogP) is 1.73. The molecule has 2 amide bonds. The molecule has 6 heteroatoms. The Balaban J connectivity index is 1.53. The van der Waals surface area contributed by atoms with Crippen LogP contribution in [-0.2, 0) is 16.0 Å². The first-order chi connectivity index (χ1) is 13.0. The zero-order valence-electron chi connectivity index (χ0n) is 16.1. The zero-order valence-corrected chi connectivity index (χ0v) is 16.1. The number of nitrogens with one attached hydrogen (secondary N) is 1. The van der Waals surface area contributed by atoms with Crippen molar-refractivity contribution in [1.82, 2.24) is 15.1 Å². The summed E-state index contributed by atoms with van der Waals surface area (Å²) < 4.78 is 0. The van der Waals surface area contributed by atoms with E-state index in [2.05, 4.69) is 22.3 Å². The highest BCUT2D eigenvalue weighted by molar-refractivity contribution is 6.20. The largest absolute Gasteiger partial charge is 0.509 e. The van der Waals surface area contributed by atoms with Gasteiger partial charge in [0.15, 0.2) is 0 Å². The van der Waals surface area contributed by atoms with Crippen molar-refractivity contribution in [1.29, 1.82) is 0 Å². The molecular formula is C21H29N3O3. The van der Waals surface area contributed by atoms with Crippen molar-refractivity contribution in [3.63, 3.8) is 0 Å². The van der Waals surface area contributed by atoms with E-state index in [9.17, 15) is 14.7 Å². The number of hydrogen-bond donors (Lipinski definition) is 2. The second kappa shape index (κ2) is 8.57. The van der Waals surface area contributed by atoms with E-state index >= 15 is 0 Å². The first-order valence-corrected chi connectivity index (χ1v) is 9.75. The molecular weight excluding hydrogens is 342 g/mol. The molecule has 6 nitrogen and oxygen atoms in total. The predicted molar refractivity (Wildman–Crippen MR) is 104 cm³/mol. The smallest absolute Gasteiger partial charge is 0.263 e. The van der Waals surface area contributed by atoms with Crippen molar-refractivity contribution in [2.24, 2.45) is 5.92 Å². The summed E-state index contributed by atoms with van der Waals surface area (Å²) in [6, 6.07) is 9.92. The Morgan fingerprint density at radius 1 is 1.19 bits per heavy atom. The highest BCUT2D eigenvalue weighted by Gasteiger charge is 2.38.